The number of benzene rings is 2. The van der Waals surface area contributed by atoms with Crippen LogP contribution in [0.3, 0.4) is 0 Å². The maximum Gasteiger partial charge on any atom is 0.169 e. The molecule has 1 aliphatic carbocycles. The van der Waals surface area contributed by atoms with Crippen molar-refractivity contribution >= 4 is 16.6 Å². The summed E-state index contributed by atoms with van der Waals surface area (Å²) in [5.41, 5.74) is 10.5. The molecule has 4 heteroatoms. The number of nitrogen functional groups attached to an aromatic ring is 1. The van der Waals surface area contributed by atoms with E-state index in [1.54, 1.807) is 7.11 Å². The molecule has 2 aromatic carbocycles. The Morgan fingerprint density at radius 1 is 1.04 bits per heavy atom. The molecule has 0 spiro atoms. The number of pyridine rings is 1. The average Bonchev–Trinajstić information content (AvgIpc) is 3.05. The van der Waals surface area contributed by atoms with Gasteiger partial charge in [0.2, 0.25) is 0 Å². The standard InChI is InChI=1S/C19H18N2O2/c1-22-17-7-2-3-8-18(17)23-12-9-10-16-14(11-12)19(20)13-5-4-6-15(13)21-16/h2-3,7-11H,4-6H2,1H3,(H2,20,21). The van der Waals surface area contributed by atoms with Gasteiger partial charge in [0.1, 0.15) is 5.75 Å². The molecule has 3 aromatic rings. The summed E-state index contributed by atoms with van der Waals surface area (Å²) < 4.78 is 11.3. The van der Waals surface area contributed by atoms with Crippen LogP contribution in [0.2, 0.25) is 0 Å². The Morgan fingerprint density at radius 2 is 1.87 bits per heavy atom. The Hall–Kier alpha value is -2.75. The minimum absolute atomic E-state index is 0.682. The van der Waals surface area contributed by atoms with Crippen molar-refractivity contribution in [1.29, 1.82) is 0 Å². The molecule has 1 aromatic heterocycles. The predicted molar refractivity (Wildman–Crippen MR) is 91.2 cm³/mol. The van der Waals surface area contributed by atoms with Crippen LogP contribution in [0.15, 0.2) is 42.5 Å². The highest BCUT2D eigenvalue weighted by molar-refractivity contribution is 5.93. The first-order chi connectivity index (χ1) is 11.3. The lowest BCUT2D eigenvalue weighted by molar-refractivity contribution is 0.379. The molecular weight excluding hydrogens is 288 g/mol. The van der Waals surface area contributed by atoms with Crippen LogP contribution in [0.1, 0.15) is 17.7 Å². The molecule has 1 aliphatic rings. The number of anilines is 1. The number of nitrogens with zero attached hydrogens (tertiary/aromatic N) is 1. The summed E-state index contributed by atoms with van der Waals surface area (Å²) in [7, 11) is 1.63. The lowest BCUT2D eigenvalue weighted by Gasteiger charge is -2.12. The maximum atomic E-state index is 6.37. The summed E-state index contributed by atoms with van der Waals surface area (Å²) in [6.07, 6.45) is 3.17. The molecule has 2 N–H and O–H groups in total. The molecule has 0 fully saturated rings. The van der Waals surface area contributed by atoms with Crippen molar-refractivity contribution in [1.82, 2.24) is 4.98 Å². The van der Waals surface area contributed by atoms with Crippen LogP contribution in [-0.4, -0.2) is 12.1 Å². The molecular formula is C19H18N2O2. The minimum Gasteiger partial charge on any atom is -0.493 e. The number of ether oxygens (including phenoxy) is 2. The van der Waals surface area contributed by atoms with Gasteiger partial charge in [0.15, 0.2) is 11.5 Å². The summed E-state index contributed by atoms with van der Waals surface area (Å²) >= 11 is 0. The number of nitrogens with two attached hydrogens (primary N) is 1. The van der Waals surface area contributed by atoms with Crippen LogP contribution in [0.4, 0.5) is 5.69 Å². The van der Waals surface area contributed by atoms with E-state index >= 15 is 0 Å². The number of para-hydroxylation sites is 2. The van der Waals surface area contributed by atoms with Crippen LogP contribution >= 0.6 is 0 Å². The Kier molecular flexibility index (Phi) is 3.30. The first-order valence-corrected chi connectivity index (χ1v) is 7.78. The van der Waals surface area contributed by atoms with Gasteiger partial charge in [0, 0.05) is 16.8 Å². The lowest BCUT2D eigenvalue weighted by atomic mass is 10.1. The van der Waals surface area contributed by atoms with E-state index in [0.29, 0.717) is 11.5 Å². The number of fused-ring (bicyclic) bond motifs is 2. The molecule has 0 radical (unpaired) electrons. The van der Waals surface area contributed by atoms with E-state index in [-0.39, 0.29) is 0 Å². The van der Waals surface area contributed by atoms with E-state index in [2.05, 4.69) is 0 Å². The van der Waals surface area contributed by atoms with Gasteiger partial charge < -0.3 is 15.2 Å². The summed E-state index contributed by atoms with van der Waals surface area (Å²) in [6.45, 7) is 0. The fraction of sp³-hybridized carbons (Fsp3) is 0.211. The zero-order valence-corrected chi connectivity index (χ0v) is 13.0. The molecule has 0 saturated carbocycles. The monoisotopic (exact) mass is 306 g/mol. The molecule has 0 aliphatic heterocycles. The molecule has 23 heavy (non-hydrogen) atoms. The van der Waals surface area contributed by atoms with Gasteiger partial charge in [-0.25, -0.2) is 0 Å². The highest BCUT2D eigenvalue weighted by atomic mass is 16.5. The van der Waals surface area contributed by atoms with E-state index in [0.717, 1.165) is 47.3 Å². The normalized spacial score (nSPS) is 13.1. The third-order valence-corrected chi connectivity index (χ3v) is 4.32. The molecule has 0 atom stereocenters. The Bertz CT molecular complexity index is 890. The SMILES string of the molecule is COc1ccccc1Oc1ccc2nc3c(c(N)c2c1)CCC3. The molecule has 116 valence electrons. The second-order valence-corrected chi connectivity index (χ2v) is 5.74. The van der Waals surface area contributed by atoms with Gasteiger partial charge in [-0.3, -0.25) is 4.98 Å². The van der Waals surface area contributed by atoms with E-state index in [9.17, 15) is 0 Å². The van der Waals surface area contributed by atoms with Crippen molar-refractivity contribution in [2.75, 3.05) is 12.8 Å². The smallest absolute Gasteiger partial charge is 0.169 e. The molecule has 0 amide bonds. The second-order valence-electron chi connectivity index (χ2n) is 5.74. The highest BCUT2D eigenvalue weighted by Crippen LogP contribution is 2.36. The topological polar surface area (TPSA) is 57.4 Å². The molecule has 0 saturated heterocycles. The van der Waals surface area contributed by atoms with Gasteiger partial charge >= 0.3 is 0 Å². The fourth-order valence-corrected chi connectivity index (χ4v) is 3.17. The van der Waals surface area contributed by atoms with Crippen molar-refractivity contribution in [3.05, 3.63) is 53.7 Å². The largest absolute Gasteiger partial charge is 0.493 e. The van der Waals surface area contributed by atoms with E-state index in [1.165, 1.54) is 5.56 Å². The van der Waals surface area contributed by atoms with Gasteiger partial charge in [-0.05, 0) is 55.2 Å². The van der Waals surface area contributed by atoms with E-state index in [1.807, 2.05) is 42.5 Å². The van der Waals surface area contributed by atoms with E-state index < -0.39 is 0 Å². The summed E-state index contributed by atoms with van der Waals surface area (Å²) in [5, 5.41) is 0.957. The highest BCUT2D eigenvalue weighted by Gasteiger charge is 2.18. The number of aromatic nitrogens is 1. The number of methoxy groups -OCH3 is 1. The molecule has 4 rings (SSSR count). The number of aryl methyl sites for hydroxylation is 1. The van der Waals surface area contributed by atoms with Crippen molar-refractivity contribution in [3.63, 3.8) is 0 Å². The van der Waals surface area contributed by atoms with Crippen molar-refractivity contribution < 1.29 is 9.47 Å². The lowest BCUT2D eigenvalue weighted by Crippen LogP contribution is -1.98. The fourth-order valence-electron chi connectivity index (χ4n) is 3.17. The number of hydrogen-bond donors (Lipinski definition) is 1. The van der Waals surface area contributed by atoms with Gasteiger partial charge in [0.05, 0.1) is 12.6 Å². The maximum absolute atomic E-state index is 6.37. The Balaban J connectivity index is 1.77. The molecule has 1 heterocycles. The van der Waals surface area contributed by atoms with Crippen molar-refractivity contribution in [2.45, 2.75) is 19.3 Å². The molecule has 0 unspecified atom stereocenters. The summed E-state index contributed by atoms with van der Waals surface area (Å²) in [5.74, 6) is 2.11. The van der Waals surface area contributed by atoms with Crippen LogP contribution in [0.25, 0.3) is 10.9 Å². The zero-order chi connectivity index (χ0) is 15.8. The number of hydrogen-bond acceptors (Lipinski definition) is 4. The van der Waals surface area contributed by atoms with Crippen LogP contribution in [-0.2, 0) is 12.8 Å². The zero-order valence-electron chi connectivity index (χ0n) is 13.0. The minimum atomic E-state index is 0.682. The number of rotatable bonds is 3. The van der Waals surface area contributed by atoms with Crippen LogP contribution in [0.5, 0.6) is 17.2 Å². The van der Waals surface area contributed by atoms with Gasteiger partial charge in [0.25, 0.3) is 0 Å². The second kappa shape index (κ2) is 5.47. The van der Waals surface area contributed by atoms with Gasteiger partial charge in [-0.1, -0.05) is 12.1 Å². The van der Waals surface area contributed by atoms with Gasteiger partial charge in [-0.15, -0.1) is 0 Å². The van der Waals surface area contributed by atoms with E-state index in [4.69, 9.17) is 20.2 Å². The van der Waals surface area contributed by atoms with Crippen LogP contribution < -0.4 is 15.2 Å². The third-order valence-electron chi connectivity index (χ3n) is 4.32. The Labute approximate surface area is 134 Å². The quantitative estimate of drug-likeness (QED) is 0.791. The molecule has 0 bridgehead atoms. The van der Waals surface area contributed by atoms with Crippen molar-refractivity contribution in [3.8, 4) is 17.2 Å². The Morgan fingerprint density at radius 3 is 2.70 bits per heavy atom. The van der Waals surface area contributed by atoms with Gasteiger partial charge in [-0.2, -0.15) is 0 Å². The predicted octanol–water partition coefficient (Wildman–Crippen LogP) is 4.11. The van der Waals surface area contributed by atoms with Crippen LogP contribution in [0, 0.1) is 0 Å². The molecule has 4 nitrogen and oxygen atoms in total. The summed E-state index contributed by atoms with van der Waals surface area (Å²) in [6, 6.07) is 13.4. The average molecular weight is 306 g/mol. The first kappa shape index (κ1) is 13.9. The third kappa shape index (κ3) is 2.36. The first-order valence-electron chi connectivity index (χ1n) is 7.78. The van der Waals surface area contributed by atoms with Crippen molar-refractivity contribution in [2.24, 2.45) is 0 Å². The summed E-state index contributed by atoms with van der Waals surface area (Å²) in [4.78, 5) is 4.74.